The van der Waals surface area contributed by atoms with Crippen LogP contribution in [0.5, 0.6) is 0 Å². The Morgan fingerprint density at radius 2 is 2.06 bits per heavy atom. The lowest BCUT2D eigenvalue weighted by Gasteiger charge is -2.18. The van der Waals surface area contributed by atoms with Gasteiger partial charge in [-0.3, -0.25) is 0 Å². The predicted octanol–water partition coefficient (Wildman–Crippen LogP) is 4.11. The van der Waals surface area contributed by atoms with Crippen LogP contribution in [0.2, 0.25) is 0 Å². The van der Waals surface area contributed by atoms with Crippen LogP contribution in [-0.4, -0.2) is 7.05 Å². The average Bonchev–Trinajstić information content (AvgIpc) is 2.63. The lowest BCUT2D eigenvalue weighted by molar-refractivity contribution is 0.494. The molecule has 0 radical (unpaired) electrons. The van der Waals surface area contributed by atoms with E-state index in [0.29, 0.717) is 5.56 Å². The van der Waals surface area contributed by atoms with Crippen LogP contribution in [0, 0.1) is 19.7 Å². The predicted molar refractivity (Wildman–Crippen MR) is 73.2 cm³/mol. The Balaban J connectivity index is 2.55. The normalized spacial score (nSPS) is 12.7. The first-order valence-electron chi connectivity index (χ1n) is 5.72. The van der Waals surface area contributed by atoms with Crippen LogP contribution in [0.15, 0.2) is 33.2 Å². The second-order valence-corrected chi connectivity index (χ2v) is 5.08. The molecule has 0 saturated heterocycles. The number of hydrogen-bond acceptors (Lipinski definition) is 2. The highest BCUT2D eigenvalue weighted by molar-refractivity contribution is 9.10. The second kappa shape index (κ2) is 5.24. The molecule has 4 heteroatoms. The Morgan fingerprint density at radius 1 is 1.33 bits per heavy atom. The third kappa shape index (κ3) is 2.35. The molecule has 1 aromatic carbocycles. The van der Waals surface area contributed by atoms with Gasteiger partial charge in [-0.25, -0.2) is 4.39 Å². The summed E-state index contributed by atoms with van der Waals surface area (Å²) in [5.74, 6) is 1.40. The fraction of sp³-hybridized carbons (Fsp3) is 0.286. The Labute approximate surface area is 114 Å². The summed E-state index contributed by atoms with van der Waals surface area (Å²) in [5.41, 5.74) is 1.56. The van der Waals surface area contributed by atoms with Crippen molar-refractivity contribution < 1.29 is 8.81 Å². The molecular weight excluding hydrogens is 297 g/mol. The first-order chi connectivity index (χ1) is 8.54. The van der Waals surface area contributed by atoms with Crippen molar-refractivity contribution in [2.75, 3.05) is 7.05 Å². The van der Waals surface area contributed by atoms with Crippen LogP contribution < -0.4 is 5.32 Å². The molecule has 0 amide bonds. The molecule has 1 unspecified atom stereocenters. The summed E-state index contributed by atoms with van der Waals surface area (Å²) >= 11 is 3.41. The van der Waals surface area contributed by atoms with E-state index in [4.69, 9.17) is 4.42 Å². The molecule has 1 aromatic heterocycles. The Bertz CT molecular complexity index is 545. The summed E-state index contributed by atoms with van der Waals surface area (Å²) in [5, 5.41) is 3.14. The average molecular weight is 312 g/mol. The Morgan fingerprint density at radius 3 is 2.56 bits per heavy atom. The van der Waals surface area contributed by atoms with Crippen molar-refractivity contribution in [1.29, 1.82) is 0 Å². The van der Waals surface area contributed by atoms with Crippen LogP contribution in [0.25, 0.3) is 0 Å². The van der Waals surface area contributed by atoms with Gasteiger partial charge in [-0.15, -0.1) is 0 Å². The highest BCUT2D eigenvalue weighted by Crippen LogP contribution is 2.33. The van der Waals surface area contributed by atoms with E-state index >= 15 is 0 Å². The molecule has 2 aromatic rings. The molecule has 1 N–H and O–H groups in total. The number of rotatable bonds is 3. The van der Waals surface area contributed by atoms with Gasteiger partial charge in [0.15, 0.2) is 0 Å². The summed E-state index contributed by atoms with van der Waals surface area (Å²) in [6, 6.07) is 6.70. The molecule has 2 rings (SSSR count). The lowest BCUT2D eigenvalue weighted by Crippen LogP contribution is -2.19. The molecule has 1 atom stereocenters. The number of hydrogen-bond donors (Lipinski definition) is 1. The van der Waals surface area contributed by atoms with Gasteiger partial charge in [-0.05, 0) is 39.1 Å². The van der Waals surface area contributed by atoms with Gasteiger partial charge in [0.1, 0.15) is 17.3 Å². The van der Waals surface area contributed by atoms with Crippen molar-refractivity contribution >= 4 is 15.9 Å². The highest BCUT2D eigenvalue weighted by Gasteiger charge is 2.22. The third-order valence-corrected chi connectivity index (χ3v) is 3.66. The van der Waals surface area contributed by atoms with Gasteiger partial charge >= 0.3 is 0 Å². The van der Waals surface area contributed by atoms with E-state index in [-0.39, 0.29) is 11.9 Å². The maximum Gasteiger partial charge on any atom is 0.129 e. The SMILES string of the molecule is CNC(c1cc(C)oc1C)c1c(F)cccc1Br. The van der Waals surface area contributed by atoms with Gasteiger partial charge < -0.3 is 9.73 Å². The zero-order valence-electron chi connectivity index (χ0n) is 10.6. The van der Waals surface area contributed by atoms with E-state index in [1.54, 1.807) is 6.07 Å². The molecule has 96 valence electrons. The summed E-state index contributed by atoms with van der Waals surface area (Å²) in [7, 11) is 1.81. The van der Waals surface area contributed by atoms with Gasteiger partial charge in [0.25, 0.3) is 0 Å². The Kier molecular flexibility index (Phi) is 3.88. The van der Waals surface area contributed by atoms with Crippen molar-refractivity contribution in [3.05, 3.63) is 57.2 Å². The molecule has 0 spiro atoms. The zero-order valence-corrected chi connectivity index (χ0v) is 12.1. The van der Waals surface area contributed by atoms with E-state index in [1.165, 1.54) is 6.07 Å². The lowest BCUT2D eigenvalue weighted by atomic mass is 9.98. The van der Waals surface area contributed by atoms with E-state index in [9.17, 15) is 4.39 Å². The van der Waals surface area contributed by atoms with Crippen molar-refractivity contribution in [1.82, 2.24) is 5.32 Å². The summed E-state index contributed by atoms with van der Waals surface area (Å²) in [6.07, 6.45) is 0. The first kappa shape index (κ1) is 13.3. The minimum atomic E-state index is -0.234. The minimum Gasteiger partial charge on any atom is -0.466 e. The molecule has 0 saturated carbocycles. The third-order valence-electron chi connectivity index (χ3n) is 2.97. The van der Waals surface area contributed by atoms with Crippen LogP contribution in [0.3, 0.4) is 0 Å². The zero-order chi connectivity index (χ0) is 13.3. The van der Waals surface area contributed by atoms with Crippen molar-refractivity contribution in [3.8, 4) is 0 Å². The van der Waals surface area contributed by atoms with Crippen molar-refractivity contribution in [2.45, 2.75) is 19.9 Å². The monoisotopic (exact) mass is 311 g/mol. The van der Waals surface area contributed by atoms with Gasteiger partial charge in [0.05, 0.1) is 6.04 Å². The van der Waals surface area contributed by atoms with E-state index in [0.717, 1.165) is 21.6 Å². The van der Waals surface area contributed by atoms with Gasteiger partial charge in [-0.2, -0.15) is 0 Å². The molecule has 0 bridgehead atoms. The molecule has 1 heterocycles. The molecule has 18 heavy (non-hydrogen) atoms. The number of nitrogens with one attached hydrogen (secondary N) is 1. The van der Waals surface area contributed by atoms with E-state index in [1.807, 2.05) is 33.0 Å². The van der Waals surface area contributed by atoms with Gasteiger partial charge in [0.2, 0.25) is 0 Å². The summed E-state index contributed by atoms with van der Waals surface area (Å²) in [4.78, 5) is 0. The first-order valence-corrected chi connectivity index (χ1v) is 6.52. The van der Waals surface area contributed by atoms with Crippen LogP contribution in [0.1, 0.15) is 28.7 Å². The molecular formula is C14H15BrFNO. The number of furan rings is 1. The number of aryl methyl sites for hydroxylation is 2. The standard InChI is InChI=1S/C14H15BrFNO/c1-8-7-10(9(2)18-8)14(17-3)13-11(15)5-4-6-12(13)16/h4-7,14,17H,1-3H3. The molecule has 0 aliphatic carbocycles. The second-order valence-electron chi connectivity index (χ2n) is 4.23. The van der Waals surface area contributed by atoms with Crippen LogP contribution in [0.4, 0.5) is 4.39 Å². The number of benzene rings is 1. The molecule has 0 fully saturated rings. The summed E-state index contributed by atoms with van der Waals surface area (Å²) < 4.78 is 20.3. The molecule has 0 aliphatic rings. The van der Waals surface area contributed by atoms with Gasteiger partial charge in [0, 0.05) is 15.6 Å². The number of halogens is 2. The largest absolute Gasteiger partial charge is 0.466 e. The van der Waals surface area contributed by atoms with E-state index < -0.39 is 0 Å². The van der Waals surface area contributed by atoms with Crippen LogP contribution >= 0.6 is 15.9 Å². The topological polar surface area (TPSA) is 25.2 Å². The Hall–Kier alpha value is -1.13. The summed E-state index contributed by atoms with van der Waals surface area (Å²) in [6.45, 7) is 3.78. The maximum absolute atomic E-state index is 14.0. The quantitative estimate of drug-likeness (QED) is 0.923. The van der Waals surface area contributed by atoms with Crippen LogP contribution in [-0.2, 0) is 0 Å². The minimum absolute atomic E-state index is 0.224. The van der Waals surface area contributed by atoms with E-state index in [2.05, 4.69) is 21.2 Å². The van der Waals surface area contributed by atoms with Crippen molar-refractivity contribution in [3.63, 3.8) is 0 Å². The molecule has 2 nitrogen and oxygen atoms in total. The highest BCUT2D eigenvalue weighted by atomic mass is 79.9. The fourth-order valence-electron chi connectivity index (χ4n) is 2.18. The van der Waals surface area contributed by atoms with Gasteiger partial charge in [-0.1, -0.05) is 22.0 Å². The maximum atomic E-state index is 14.0. The smallest absolute Gasteiger partial charge is 0.129 e. The molecule has 0 aliphatic heterocycles. The fourth-order valence-corrected chi connectivity index (χ4v) is 2.75. The van der Waals surface area contributed by atoms with Crippen molar-refractivity contribution in [2.24, 2.45) is 0 Å².